The molecule has 0 aromatic heterocycles. The molecule has 0 amide bonds. The Balaban J connectivity index is 2.57. The molecule has 2 rings (SSSR count). The summed E-state index contributed by atoms with van der Waals surface area (Å²) >= 11 is 0. The molecular formula is C52H84O16. The van der Waals surface area contributed by atoms with Gasteiger partial charge in [0, 0.05) is 123 Å². The number of allylic oxidation sites excluding steroid dienone is 2. The Hall–Kier alpha value is -3.58. The number of ether oxygens (including phenoxy) is 9. The third kappa shape index (κ3) is 18.6. The number of ketones is 1. The van der Waals surface area contributed by atoms with Crippen LogP contribution >= 0.6 is 0 Å². The predicted octanol–water partition coefficient (Wildman–Crippen LogP) is 6.41. The second-order valence-electron chi connectivity index (χ2n) is 18.6. The Bertz CT molecular complexity index is 1700. The monoisotopic (exact) mass is 965 g/mol. The summed E-state index contributed by atoms with van der Waals surface area (Å²) in [6, 6.07) is 0. The molecule has 0 aliphatic carbocycles. The van der Waals surface area contributed by atoms with Crippen molar-refractivity contribution in [2.24, 2.45) is 35.5 Å². The first kappa shape index (κ1) is 60.5. The van der Waals surface area contributed by atoms with Crippen molar-refractivity contribution < 1.29 is 77.1 Å². The van der Waals surface area contributed by atoms with Gasteiger partial charge < -0.3 is 58.0 Å². The first-order valence-corrected chi connectivity index (χ1v) is 23.8. The van der Waals surface area contributed by atoms with Gasteiger partial charge in [0.25, 0.3) is 0 Å². The quantitative estimate of drug-likeness (QED) is 0.100. The summed E-state index contributed by atoms with van der Waals surface area (Å²) < 4.78 is 52.8. The fourth-order valence-electron chi connectivity index (χ4n) is 9.37. The van der Waals surface area contributed by atoms with Gasteiger partial charge in [-0.2, -0.15) is 0 Å². The molecule has 2 bridgehead atoms. The average molecular weight is 965 g/mol. The third-order valence-corrected chi connectivity index (χ3v) is 13.9. The smallest absolute Gasteiger partial charge is 0.331 e. The van der Waals surface area contributed by atoms with Crippen molar-refractivity contribution in [3.63, 3.8) is 0 Å². The number of cyclic esters (lactones) is 1. The lowest BCUT2D eigenvalue weighted by Crippen LogP contribution is -2.50. The van der Waals surface area contributed by atoms with Crippen molar-refractivity contribution in [2.45, 2.75) is 161 Å². The number of hydrogen-bond acceptors (Lipinski definition) is 15. The van der Waals surface area contributed by atoms with Crippen LogP contribution in [0.5, 0.6) is 0 Å². The van der Waals surface area contributed by atoms with Gasteiger partial charge in [-0.25, -0.2) is 9.59 Å². The summed E-state index contributed by atoms with van der Waals surface area (Å²) in [5, 5.41) is 32.3. The molecular weight excluding hydrogens is 881 g/mol. The van der Waals surface area contributed by atoms with Gasteiger partial charge in [0.05, 0.1) is 42.7 Å². The van der Waals surface area contributed by atoms with Crippen LogP contribution in [0.25, 0.3) is 0 Å². The molecule has 388 valence electrons. The Morgan fingerprint density at radius 2 is 1.37 bits per heavy atom. The number of carboxylic acid groups (broad SMARTS) is 1. The zero-order valence-corrected chi connectivity index (χ0v) is 43.0. The first-order valence-electron chi connectivity index (χ1n) is 23.8. The highest BCUT2D eigenvalue weighted by molar-refractivity contribution is 5.84. The van der Waals surface area contributed by atoms with Crippen molar-refractivity contribution in [1.82, 2.24) is 0 Å². The van der Waals surface area contributed by atoms with E-state index in [0.717, 1.165) is 5.57 Å². The predicted molar refractivity (Wildman–Crippen MR) is 257 cm³/mol. The molecule has 17 atom stereocenters. The number of aliphatic hydroxyl groups excluding tert-OH is 2. The minimum absolute atomic E-state index is 0.0411. The van der Waals surface area contributed by atoms with E-state index in [4.69, 9.17) is 47.7 Å². The number of fused-ring (bicyclic) bond motifs is 2. The van der Waals surface area contributed by atoms with Crippen LogP contribution in [0.2, 0.25) is 0 Å². The van der Waals surface area contributed by atoms with Crippen LogP contribution in [0.15, 0.2) is 59.8 Å². The number of aliphatic carboxylic acids is 1. The number of carbonyl (C=O) groups is 4. The summed E-state index contributed by atoms with van der Waals surface area (Å²) in [6.07, 6.45) is 7.55. The SMILES string of the molecule is COC1/C=C/C(C)C(C(C)C(OC)C(C)CCC(=O)C(C)C(CCC(=O)O)OC)OC(=O)/C=C/C=C(\C)CC(OC)C(OC)C2=CC(=O)O[C@@H](C(C)C(OC)CC(OC)/C=C/C(C)C(O)C1)[C@H]2O. The molecule has 0 saturated heterocycles. The van der Waals surface area contributed by atoms with E-state index >= 15 is 0 Å². The van der Waals surface area contributed by atoms with Gasteiger partial charge in [0.1, 0.15) is 30.2 Å². The van der Waals surface area contributed by atoms with Crippen molar-refractivity contribution in [3.05, 3.63) is 59.8 Å². The molecule has 2 aliphatic rings. The van der Waals surface area contributed by atoms with Crippen LogP contribution < -0.4 is 0 Å². The lowest BCUT2D eigenvalue weighted by atomic mass is 9.81. The fourth-order valence-corrected chi connectivity index (χ4v) is 9.37. The standard InChI is InChI=1S/C52H84O16/c1-30-16-15-17-46(57)67-50(36(7)49(65-13)32(3)20-23-40(53)34(5)42(62-10)24-25-45(55)56)33(4)19-22-37(60-8)27-41(54)31(2)18-21-38(61-9)28-43(63-11)35(6)51-48(59)39(29-47(58)68-51)52(66-14)44(26-30)64-12/h15-19,21-22,29,31-38,41-44,48-52,54,59H,20,23-28H2,1-14H3,(H,55,56)/b17-15+,21-18+,22-19+,30-16+/t31?,32?,33?,34?,35?,36?,37?,38?,41?,42?,43?,44?,48-,49?,50?,51-,52?/m0/s1. The highest BCUT2D eigenvalue weighted by Crippen LogP contribution is 2.34. The number of rotatable bonds is 18. The molecule has 2 heterocycles. The van der Waals surface area contributed by atoms with E-state index in [1.54, 1.807) is 47.5 Å². The van der Waals surface area contributed by atoms with E-state index < -0.39 is 96.9 Å². The summed E-state index contributed by atoms with van der Waals surface area (Å²) in [7, 11) is 10.8. The zero-order valence-electron chi connectivity index (χ0n) is 43.0. The van der Waals surface area contributed by atoms with Crippen LogP contribution in [-0.4, -0.2) is 156 Å². The van der Waals surface area contributed by atoms with Crippen LogP contribution in [0.4, 0.5) is 0 Å². The number of carbonyl (C=O) groups excluding carboxylic acids is 3. The summed E-state index contributed by atoms with van der Waals surface area (Å²) in [5.74, 6) is -4.40. The van der Waals surface area contributed by atoms with Crippen molar-refractivity contribution in [3.8, 4) is 0 Å². The van der Waals surface area contributed by atoms with Gasteiger partial charge in [0.2, 0.25) is 0 Å². The van der Waals surface area contributed by atoms with Gasteiger partial charge in [-0.1, -0.05) is 83.6 Å². The Morgan fingerprint density at radius 1 is 0.750 bits per heavy atom. The van der Waals surface area contributed by atoms with E-state index in [9.17, 15) is 29.4 Å². The number of esters is 2. The minimum atomic E-state index is -1.25. The van der Waals surface area contributed by atoms with E-state index in [1.807, 2.05) is 65.8 Å². The number of carboxylic acids is 1. The van der Waals surface area contributed by atoms with Crippen LogP contribution in [0.3, 0.4) is 0 Å². The van der Waals surface area contributed by atoms with E-state index in [0.29, 0.717) is 24.8 Å². The normalized spacial score (nSPS) is 34.1. The Labute approximate surface area is 405 Å². The maximum absolute atomic E-state index is 13.7. The number of aliphatic hydroxyl groups is 2. The molecule has 0 saturated carbocycles. The third-order valence-electron chi connectivity index (χ3n) is 13.9. The van der Waals surface area contributed by atoms with Gasteiger partial charge >= 0.3 is 17.9 Å². The van der Waals surface area contributed by atoms with Gasteiger partial charge in [0.15, 0.2) is 0 Å². The molecule has 0 spiro atoms. The highest BCUT2D eigenvalue weighted by Gasteiger charge is 2.43. The fraction of sp³-hybridized carbons (Fsp3) is 0.731. The van der Waals surface area contributed by atoms with Crippen molar-refractivity contribution in [2.75, 3.05) is 49.8 Å². The minimum Gasteiger partial charge on any atom is -0.481 e. The highest BCUT2D eigenvalue weighted by atomic mass is 16.6. The molecule has 16 heteroatoms. The molecule has 0 aromatic rings. The topological polar surface area (TPSA) is 212 Å². The van der Waals surface area contributed by atoms with E-state index in [-0.39, 0.29) is 55.1 Å². The van der Waals surface area contributed by atoms with Crippen LogP contribution in [0, 0.1) is 35.5 Å². The maximum atomic E-state index is 13.7. The van der Waals surface area contributed by atoms with Gasteiger partial charge in [-0.15, -0.1) is 0 Å². The summed E-state index contributed by atoms with van der Waals surface area (Å²) in [5.41, 5.74) is 1.11. The van der Waals surface area contributed by atoms with E-state index in [2.05, 4.69) is 0 Å². The second kappa shape index (κ2) is 30.9. The van der Waals surface area contributed by atoms with Crippen molar-refractivity contribution in [1.29, 1.82) is 0 Å². The Kier molecular flexibility index (Phi) is 27.5. The lowest BCUT2D eigenvalue weighted by molar-refractivity contribution is -0.162. The maximum Gasteiger partial charge on any atom is 0.331 e. The van der Waals surface area contributed by atoms with Crippen LogP contribution in [0.1, 0.15) is 93.4 Å². The van der Waals surface area contributed by atoms with Crippen LogP contribution in [-0.2, 0) is 61.8 Å². The number of Topliss-reactive ketones (excluding diaryl/α,β-unsaturated/α-hetero) is 1. The summed E-state index contributed by atoms with van der Waals surface area (Å²) in [4.78, 5) is 51.3. The Morgan fingerprint density at radius 3 is 1.93 bits per heavy atom. The summed E-state index contributed by atoms with van der Waals surface area (Å²) in [6.45, 7) is 13.2. The molecule has 2 aliphatic heterocycles. The molecule has 0 fully saturated rings. The molecule has 15 unspecified atom stereocenters. The molecule has 68 heavy (non-hydrogen) atoms. The number of hydrogen-bond donors (Lipinski definition) is 3. The molecule has 0 radical (unpaired) electrons. The van der Waals surface area contributed by atoms with E-state index in [1.165, 1.54) is 33.5 Å². The molecule has 3 N–H and O–H groups in total. The molecule has 16 nitrogen and oxygen atoms in total. The first-order chi connectivity index (χ1) is 32.2. The second-order valence-corrected chi connectivity index (χ2v) is 18.6. The van der Waals surface area contributed by atoms with Gasteiger partial charge in [-0.3, -0.25) is 9.59 Å². The largest absolute Gasteiger partial charge is 0.481 e. The van der Waals surface area contributed by atoms with Gasteiger partial charge in [-0.05, 0) is 32.1 Å². The molecule has 0 aromatic carbocycles. The van der Waals surface area contributed by atoms with Crippen molar-refractivity contribution >= 4 is 23.7 Å². The zero-order chi connectivity index (χ0) is 51.2. The number of methoxy groups -OCH3 is 7. The lowest BCUT2D eigenvalue weighted by Gasteiger charge is -2.39. The average Bonchev–Trinajstić information content (AvgIpc) is 3.31.